The highest BCUT2D eigenvalue weighted by molar-refractivity contribution is 5.91. The monoisotopic (exact) mass is 560 g/mol. The van der Waals surface area contributed by atoms with E-state index in [1.807, 2.05) is 0 Å². The number of aliphatic hydroxyl groups is 2. The molecule has 0 spiro atoms. The van der Waals surface area contributed by atoms with Crippen LogP contribution in [-0.2, 0) is 16.6 Å². The third-order valence-electron chi connectivity index (χ3n) is 7.67. The number of aromatic nitrogens is 2. The second kappa shape index (κ2) is 11.6. The molecule has 11 heteroatoms. The first-order valence-corrected chi connectivity index (χ1v) is 13.2. The summed E-state index contributed by atoms with van der Waals surface area (Å²) in [5.74, 6) is 1.03. The number of hydrogen-bond donors (Lipinski definition) is 3. The zero-order valence-corrected chi connectivity index (χ0v) is 23.0. The molecular formula is C29H35F3N4O4. The molecule has 1 saturated carbocycles. The van der Waals surface area contributed by atoms with Crippen LogP contribution in [0.15, 0.2) is 36.4 Å². The van der Waals surface area contributed by atoms with Gasteiger partial charge in [0, 0.05) is 42.6 Å². The molecule has 1 atom stereocenters. The van der Waals surface area contributed by atoms with Crippen molar-refractivity contribution in [1.29, 1.82) is 0 Å². The highest BCUT2D eigenvalue weighted by atomic mass is 19.4. The Labute approximate surface area is 231 Å². The van der Waals surface area contributed by atoms with Crippen molar-refractivity contribution >= 4 is 22.6 Å². The van der Waals surface area contributed by atoms with Gasteiger partial charge in [-0.15, -0.1) is 0 Å². The Morgan fingerprint density at radius 2 is 1.93 bits per heavy atom. The molecule has 216 valence electrons. The number of nitrogens with one attached hydrogen (secondary N) is 1. The van der Waals surface area contributed by atoms with Crippen molar-refractivity contribution < 1.29 is 32.9 Å². The molecule has 0 bridgehead atoms. The van der Waals surface area contributed by atoms with Crippen molar-refractivity contribution in [2.45, 2.75) is 57.3 Å². The van der Waals surface area contributed by atoms with E-state index in [1.165, 1.54) is 18.1 Å². The van der Waals surface area contributed by atoms with Crippen LogP contribution in [0, 0.1) is 12.8 Å². The van der Waals surface area contributed by atoms with Crippen molar-refractivity contribution in [3.8, 4) is 5.75 Å². The first-order chi connectivity index (χ1) is 18.9. The Morgan fingerprint density at radius 3 is 2.55 bits per heavy atom. The van der Waals surface area contributed by atoms with Crippen LogP contribution in [0.3, 0.4) is 0 Å². The molecule has 3 N–H and O–H groups in total. The van der Waals surface area contributed by atoms with Gasteiger partial charge in [0.1, 0.15) is 17.4 Å². The number of benzene rings is 2. The van der Waals surface area contributed by atoms with E-state index < -0.39 is 23.4 Å². The molecule has 1 fully saturated rings. The fourth-order valence-electron chi connectivity index (χ4n) is 5.37. The number of alkyl halides is 3. The van der Waals surface area contributed by atoms with Gasteiger partial charge in [0.05, 0.1) is 30.4 Å². The lowest BCUT2D eigenvalue weighted by molar-refractivity contribution is -0.138. The third-order valence-corrected chi connectivity index (χ3v) is 7.67. The van der Waals surface area contributed by atoms with Gasteiger partial charge in [-0.1, -0.05) is 12.1 Å². The summed E-state index contributed by atoms with van der Waals surface area (Å²) in [7, 11) is 3.17. The quantitative estimate of drug-likeness (QED) is 0.357. The van der Waals surface area contributed by atoms with Crippen LogP contribution in [0.5, 0.6) is 5.75 Å². The van der Waals surface area contributed by atoms with Gasteiger partial charge in [0.25, 0.3) is 0 Å². The van der Waals surface area contributed by atoms with E-state index in [0.717, 1.165) is 12.1 Å². The van der Waals surface area contributed by atoms with Crippen molar-refractivity contribution in [1.82, 2.24) is 14.9 Å². The number of hydrogen-bond acceptors (Lipinski definition) is 7. The van der Waals surface area contributed by atoms with E-state index >= 15 is 0 Å². The summed E-state index contributed by atoms with van der Waals surface area (Å²) in [5, 5.41) is 24.7. The second-order valence-corrected chi connectivity index (χ2v) is 10.5. The SMILES string of the molecule is COc1cc2nc(C)nc(N[C@H](C)c3cccc(C(F)(F)F)c3)c2cc1[C@]1(O)CC[C@@H](C(=O)N(C)CCO)CC1. The summed E-state index contributed by atoms with van der Waals surface area (Å²) in [6.07, 6.45) is -2.86. The number of nitrogens with zero attached hydrogens (tertiary/aromatic N) is 3. The maximum atomic E-state index is 13.3. The predicted molar refractivity (Wildman–Crippen MR) is 145 cm³/mol. The molecule has 1 aliphatic carbocycles. The Hall–Kier alpha value is -3.44. The average Bonchev–Trinajstić information content (AvgIpc) is 2.92. The van der Waals surface area contributed by atoms with Crippen molar-refractivity contribution in [2.75, 3.05) is 32.6 Å². The van der Waals surface area contributed by atoms with E-state index in [9.17, 15) is 23.1 Å². The van der Waals surface area contributed by atoms with Crippen molar-refractivity contribution in [2.24, 2.45) is 5.92 Å². The molecule has 8 nitrogen and oxygen atoms in total. The lowest BCUT2D eigenvalue weighted by Gasteiger charge is -2.37. The molecule has 0 aliphatic heterocycles. The standard InChI is InChI=1S/C29H35F3N4O4/c1-17(20-6-5-7-21(14-20)29(30,31)32)33-26-22-15-23(25(40-4)16-24(22)34-18(2)35-26)28(39)10-8-19(9-11-28)27(38)36(3)12-13-37/h5-7,14-17,19,37,39H,8-13H2,1-4H3,(H,33,34,35)/t17-,19-,28+/m1/s1. The van der Waals surface area contributed by atoms with E-state index in [0.29, 0.717) is 65.1 Å². The fraction of sp³-hybridized carbons (Fsp3) is 0.483. The molecule has 1 aromatic heterocycles. The first kappa shape index (κ1) is 29.5. The van der Waals surface area contributed by atoms with Crippen LogP contribution >= 0.6 is 0 Å². The van der Waals surface area contributed by atoms with Gasteiger partial charge in [-0.25, -0.2) is 9.97 Å². The first-order valence-electron chi connectivity index (χ1n) is 13.2. The number of fused-ring (bicyclic) bond motifs is 1. The number of aliphatic hydroxyl groups excluding tert-OH is 1. The van der Waals surface area contributed by atoms with Gasteiger partial charge in [-0.2, -0.15) is 13.2 Å². The molecule has 2 aromatic carbocycles. The Morgan fingerprint density at radius 1 is 1.23 bits per heavy atom. The molecule has 1 heterocycles. The van der Waals surface area contributed by atoms with Crippen LogP contribution < -0.4 is 10.1 Å². The Bertz CT molecular complexity index is 1370. The predicted octanol–water partition coefficient (Wildman–Crippen LogP) is 4.97. The van der Waals surface area contributed by atoms with E-state index in [-0.39, 0.29) is 25.0 Å². The zero-order valence-electron chi connectivity index (χ0n) is 23.0. The molecule has 0 radical (unpaired) electrons. The normalized spacial score (nSPS) is 20.3. The smallest absolute Gasteiger partial charge is 0.416 e. The highest BCUT2D eigenvalue weighted by Crippen LogP contribution is 2.45. The van der Waals surface area contributed by atoms with Gasteiger partial charge >= 0.3 is 6.18 Å². The minimum Gasteiger partial charge on any atom is -0.496 e. The summed E-state index contributed by atoms with van der Waals surface area (Å²) >= 11 is 0. The maximum Gasteiger partial charge on any atom is 0.416 e. The highest BCUT2D eigenvalue weighted by Gasteiger charge is 2.40. The largest absolute Gasteiger partial charge is 0.496 e. The van der Waals surface area contributed by atoms with Crippen LogP contribution in [0.2, 0.25) is 0 Å². The lowest BCUT2D eigenvalue weighted by Crippen LogP contribution is -2.40. The number of methoxy groups -OCH3 is 1. The summed E-state index contributed by atoms with van der Waals surface area (Å²) < 4.78 is 45.5. The van der Waals surface area contributed by atoms with E-state index in [4.69, 9.17) is 9.84 Å². The van der Waals surface area contributed by atoms with Gasteiger partial charge in [0.2, 0.25) is 5.91 Å². The fourth-order valence-corrected chi connectivity index (χ4v) is 5.37. The summed E-state index contributed by atoms with van der Waals surface area (Å²) in [6, 6.07) is 8.14. The van der Waals surface area contributed by atoms with Crippen molar-refractivity contribution in [3.63, 3.8) is 0 Å². The molecule has 4 rings (SSSR count). The summed E-state index contributed by atoms with van der Waals surface area (Å²) in [4.78, 5) is 23.3. The molecule has 1 aliphatic rings. The number of anilines is 1. The number of rotatable bonds is 8. The topological polar surface area (TPSA) is 108 Å². The number of ether oxygens (including phenoxy) is 1. The number of likely N-dealkylation sites (N-methyl/N-ethyl adjacent to an activating group) is 1. The van der Waals surface area contributed by atoms with Gasteiger partial charge < -0.3 is 25.2 Å². The third kappa shape index (κ3) is 6.15. The van der Waals surface area contributed by atoms with Crippen molar-refractivity contribution in [3.05, 3.63) is 58.9 Å². The molecule has 0 unspecified atom stereocenters. The van der Waals surface area contributed by atoms with Gasteiger partial charge in [-0.3, -0.25) is 4.79 Å². The average molecular weight is 561 g/mol. The molecule has 0 saturated heterocycles. The Kier molecular flexibility index (Phi) is 8.55. The molecule has 1 amide bonds. The van der Waals surface area contributed by atoms with E-state index in [2.05, 4.69) is 15.3 Å². The van der Waals surface area contributed by atoms with E-state index in [1.54, 1.807) is 39.1 Å². The van der Waals surface area contributed by atoms with Crippen LogP contribution in [0.1, 0.15) is 61.2 Å². The maximum absolute atomic E-state index is 13.3. The molecular weight excluding hydrogens is 525 g/mol. The summed E-state index contributed by atoms with van der Waals surface area (Å²) in [6.45, 7) is 3.62. The lowest BCUT2D eigenvalue weighted by atomic mass is 9.74. The zero-order chi connectivity index (χ0) is 29.2. The van der Waals surface area contributed by atoms with Gasteiger partial charge in [0.15, 0.2) is 0 Å². The summed E-state index contributed by atoms with van der Waals surface area (Å²) in [5.41, 5.74) is -0.445. The second-order valence-electron chi connectivity index (χ2n) is 10.5. The number of carbonyl (C=O) groups excluding carboxylic acids is 1. The molecule has 3 aromatic rings. The number of aryl methyl sites for hydroxylation is 1. The molecule has 40 heavy (non-hydrogen) atoms. The number of carbonyl (C=O) groups is 1. The van der Waals surface area contributed by atoms with Crippen LogP contribution in [0.25, 0.3) is 10.9 Å². The van der Waals surface area contributed by atoms with Gasteiger partial charge in [-0.05, 0) is 63.3 Å². The minimum atomic E-state index is -4.45. The minimum absolute atomic E-state index is 0.0551. The Balaban J connectivity index is 1.66. The number of halogens is 3. The van der Waals surface area contributed by atoms with Crippen LogP contribution in [0.4, 0.5) is 19.0 Å². The number of amides is 1. The van der Waals surface area contributed by atoms with Crippen LogP contribution in [-0.4, -0.2) is 58.3 Å².